The van der Waals surface area contributed by atoms with E-state index in [9.17, 15) is 4.79 Å². The molecule has 0 saturated heterocycles. The summed E-state index contributed by atoms with van der Waals surface area (Å²) >= 11 is 5.46. The van der Waals surface area contributed by atoms with Crippen molar-refractivity contribution in [2.75, 3.05) is 5.43 Å². The van der Waals surface area contributed by atoms with E-state index in [4.69, 9.17) is 12.2 Å². The largest absolute Gasteiger partial charge is 0.273 e. The Bertz CT molecular complexity index is 663. The maximum atomic E-state index is 11.6. The predicted octanol–water partition coefficient (Wildman–Crippen LogP) is 3.20. The van der Waals surface area contributed by atoms with E-state index in [1.807, 2.05) is 19.1 Å². The summed E-state index contributed by atoms with van der Waals surface area (Å²) in [5.41, 5.74) is 4.57. The Morgan fingerprint density at radius 3 is 2.95 bits per heavy atom. The molecule has 0 aliphatic rings. The Hall–Kier alpha value is -1.75. The second-order valence-electron chi connectivity index (χ2n) is 4.36. The summed E-state index contributed by atoms with van der Waals surface area (Å²) < 4.78 is 2.26. The molecule has 2 aromatic rings. The third-order valence-electron chi connectivity index (χ3n) is 2.91. The van der Waals surface area contributed by atoms with E-state index in [0.717, 1.165) is 23.8 Å². The van der Waals surface area contributed by atoms with Crippen LogP contribution in [0.15, 0.2) is 24.4 Å². The number of carbonyl (C=O) groups excluding carboxylic acids is 1. The first kappa shape index (κ1) is 13.7. The van der Waals surface area contributed by atoms with Gasteiger partial charge in [0.25, 0.3) is 0 Å². The zero-order chi connectivity index (χ0) is 13.8. The third kappa shape index (κ3) is 2.81. The number of carbonyl (C=O) groups is 1. The molecule has 1 N–H and O–H groups in total. The molecule has 19 heavy (non-hydrogen) atoms. The van der Waals surface area contributed by atoms with E-state index < -0.39 is 0 Å². The number of pyridine rings is 2. The van der Waals surface area contributed by atoms with E-state index in [0.29, 0.717) is 16.7 Å². The molecule has 0 bridgehead atoms. The van der Waals surface area contributed by atoms with Crippen LogP contribution in [0.2, 0.25) is 0 Å². The van der Waals surface area contributed by atoms with E-state index in [-0.39, 0.29) is 5.91 Å². The summed E-state index contributed by atoms with van der Waals surface area (Å²) in [4.78, 5) is 16.0. The van der Waals surface area contributed by atoms with Crippen LogP contribution in [0.5, 0.6) is 0 Å². The maximum absolute atomic E-state index is 11.6. The average Bonchev–Trinajstić information content (AvgIpc) is 2.43. The summed E-state index contributed by atoms with van der Waals surface area (Å²) in [5.74, 6) is -0.0725. The van der Waals surface area contributed by atoms with Crippen LogP contribution < -0.4 is 5.43 Å². The predicted molar refractivity (Wildman–Crippen MR) is 79.2 cm³/mol. The fourth-order valence-electron chi connectivity index (χ4n) is 1.95. The van der Waals surface area contributed by atoms with E-state index in [1.54, 1.807) is 10.9 Å². The van der Waals surface area contributed by atoms with Crippen molar-refractivity contribution >= 4 is 29.2 Å². The third-order valence-corrected chi connectivity index (χ3v) is 3.36. The van der Waals surface area contributed by atoms with Crippen LogP contribution in [0.4, 0.5) is 0 Å². The minimum atomic E-state index is -0.0725. The highest BCUT2D eigenvalue weighted by Crippen LogP contribution is 2.16. The number of aromatic nitrogens is 2. The molecule has 4 nitrogen and oxygen atoms in total. The summed E-state index contributed by atoms with van der Waals surface area (Å²) in [6.07, 6.45) is 4.02. The van der Waals surface area contributed by atoms with Crippen molar-refractivity contribution in [1.29, 1.82) is 0 Å². The Morgan fingerprint density at radius 2 is 2.26 bits per heavy atom. The molecule has 1 amide bonds. The van der Waals surface area contributed by atoms with Crippen LogP contribution in [-0.4, -0.2) is 15.6 Å². The lowest BCUT2D eigenvalue weighted by Crippen LogP contribution is -2.24. The van der Waals surface area contributed by atoms with Gasteiger partial charge in [0, 0.05) is 18.0 Å². The summed E-state index contributed by atoms with van der Waals surface area (Å²) in [6.45, 7) is 3.92. The molecule has 0 fully saturated rings. The number of amides is 1. The molecule has 0 saturated carbocycles. The van der Waals surface area contributed by atoms with Gasteiger partial charge in [-0.25, -0.2) is 9.66 Å². The summed E-state index contributed by atoms with van der Waals surface area (Å²) in [7, 11) is 0. The van der Waals surface area contributed by atoms with Crippen LogP contribution in [0.25, 0.3) is 11.0 Å². The number of nitrogens with one attached hydrogen (secondary N) is 1. The Balaban J connectivity index is 2.66. The first-order chi connectivity index (χ1) is 9.17. The molecule has 2 aromatic heterocycles. The van der Waals surface area contributed by atoms with Gasteiger partial charge >= 0.3 is 0 Å². The molecule has 0 atom stereocenters. The van der Waals surface area contributed by atoms with Crippen molar-refractivity contribution in [2.45, 2.75) is 33.1 Å². The molecule has 0 spiro atoms. The number of hydrogen-bond acceptors (Lipinski definition) is 3. The van der Waals surface area contributed by atoms with Gasteiger partial charge in [-0.05, 0) is 30.2 Å². The lowest BCUT2D eigenvalue weighted by Gasteiger charge is -2.14. The molecule has 5 heteroatoms. The topological polar surface area (TPSA) is 46.9 Å². The molecule has 0 unspecified atom stereocenters. The van der Waals surface area contributed by atoms with Crippen molar-refractivity contribution < 1.29 is 4.79 Å². The van der Waals surface area contributed by atoms with Gasteiger partial charge < -0.3 is 0 Å². The summed E-state index contributed by atoms with van der Waals surface area (Å²) in [6, 6.07) is 5.92. The lowest BCUT2D eigenvalue weighted by atomic mass is 10.1. The Kier molecular flexibility index (Phi) is 4.27. The molecule has 2 heterocycles. The van der Waals surface area contributed by atoms with Gasteiger partial charge in [-0.3, -0.25) is 10.2 Å². The SMILES string of the molecule is CCCc1cc2cccnc2n(NC(=O)CC)c1=S. The maximum Gasteiger partial charge on any atom is 0.238 e. The van der Waals surface area contributed by atoms with Gasteiger partial charge in [0.15, 0.2) is 5.65 Å². The molecule has 0 aliphatic carbocycles. The smallest absolute Gasteiger partial charge is 0.238 e. The van der Waals surface area contributed by atoms with Crippen molar-refractivity contribution in [1.82, 2.24) is 9.66 Å². The second-order valence-corrected chi connectivity index (χ2v) is 4.75. The van der Waals surface area contributed by atoms with Gasteiger partial charge in [0.1, 0.15) is 4.64 Å². The van der Waals surface area contributed by atoms with Crippen molar-refractivity contribution in [3.63, 3.8) is 0 Å². The van der Waals surface area contributed by atoms with Crippen LogP contribution >= 0.6 is 12.2 Å². The normalized spacial score (nSPS) is 10.6. The number of rotatable bonds is 4. The number of nitrogens with zero attached hydrogens (tertiary/aromatic N) is 2. The minimum Gasteiger partial charge on any atom is -0.273 e. The number of hydrogen-bond donors (Lipinski definition) is 1. The monoisotopic (exact) mass is 275 g/mol. The first-order valence-corrected chi connectivity index (χ1v) is 6.87. The van der Waals surface area contributed by atoms with Crippen LogP contribution in [0, 0.1) is 4.64 Å². The number of fused-ring (bicyclic) bond motifs is 1. The molecular weight excluding hydrogens is 258 g/mol. The Morgan fingerprint density at radius 1 is 1.47 bits per heavy atom. The summed E-state index contributed by atoms with van der Waals surface area (Å²) in [5, 5.41) is 0.982. The zero-order valence-corrected chi connectivity index (χ0v) is 12.0. The molecule has 0 radical (unpaired) electrons. The molecular formula is C14H17N3OS. The highest BCUT2D eigenvalue weighted by molar-refractivity contribution is 7.71. The molecule has 100 valence electrons. The van der Waals surface area contributed by atoms with Crippen LogP contribution in [0.3, 0.4) is 0 Å². The van der Waals surface area contributed by atoms with Gasteiger partial charge in [-0.1, -0.05) is 32.5 Å². The second kappa shape index (κ2) is 5.93. The fraction of sp³-hybridized carbons (Fsp3) is 0.357. The van der Waals surface area contributed by atoms with Gasteiger partial charge in [0.2, 0.25) is 5.91 Å². The Labute approximate surface area is 117 Å². The molecule has 0 aromatic carbocycles. The van der Waals surface area contributed by atoms with Crippen molar-refractivity contribution in [3.8, 4) is 0 Å². The highest BCUT2D eigenvalue weighted by atomic mass is 32.1. The van der Waals surface area contributed by atoms with Gasteiger partial charge in [-0.15, -0.1) is 0 Å². The van der Waals surface area contributed by atoms with Gasteiger partial charge in [-0.2, -0.15) is 0 Å². The average molecular weight is 275 g/mol. The van der Waals surface area contributed by atoms with Crippen LogP contribution in [-0.2, 0) is 11.2 Å². The highest BCUT2D eigenvalue weighted by Gasteiger charge is 2.08. The number of aryl methyl sites for hydroxylation is 1. The quantitative estimate of drug-likeness (QED) is 0.872. The fourth-order valence-corrected chi connectivity index (χ4v) is 2.25. The van der Waals surface area contributed by atoms with E-state index >= 15 is 0 Å². The molecule has 2 rings (SSSR count). The lowest BCUT2D eigenvalue weighted by molar-refractivity contribution is -0.116. The zero-order valence-electron chi connectivity index (χ0n) is 11.1. The van der Waals surface area contributed by atoms with Gasteiger partial charge in [0.05, 0.1) is 0 Å². The van der Waals surface area contributed by atoms with Crippen LogP contribution in [0.1, 0.15) is 32.3 Å². The molecule has 0 aliphatic heterocycles. The minimum absolute atomic E-state index is 0.0725. The van der Waals surface area contributed by atoms with Crippen molar-refractivity contribution in [2.24, 2.45) is 0 Å². The standard InChI is InChI=1S/C14H17N3OS/c1-3-6-11-9-10-7-5-8-15-13(10)17(14(11)19)16-12(18)4-2/h5,7-9H,3-4,6H2,1-2H3,(H,16,18). The van der Waals surface area contributed by atoms with E-state index in [1.165, 1.54) is 0 Å². The van der Waals surface area contributed by atoms with Crippen molar-refractivity contribution in [3.05, 3.63) is 34.6 Å². The first-order valence-electron chi connectivity index (χ1n) is 6.46. The van der Waals surface area contributed by atoms with E-state index in [2.05, 4.69) is 23.4 Å².